The first-order chi connectivity index (χ1) is 11.5. The molecule has 0 heterocycles. The number of thioether (sulfide) groups is 1. The minimum absolute atomic E-state index is 0.0892. The van der Waals surface area contributed by atoms with Gasteiger partial charge in [0.05, 0.1) is 0 Å². The van der Waals surface area contributed by atoms with E-state index in [1.165, 1.54) is 22.9 Å². The molecule has 0 spiro atoms. The number of amides is 1. The monoisotopic (exact) mass is 407 g/mol. The molecule has 0 aromatic heterocycles. The third-order valence-corrected chi connectivity index (χ3v) is 5.60. The van der Waals surface area contributed by atoms with Gasteiger partial charge in [-0.15, -0.1) is 0 Å². The molecule has 2 rings (SSSR count). The lowest BCUT2D eigenvalue weighted by atomic mass is 10.0. The van der Waals surface area contributed by atoms with Crippen molar-refractivity contribution in [2.45, 2.75) is 38.7 Å². The molecule has 0 aliphatic heterocycles. The lowest BCUT2D eigenvalue weighted by Crippen LogP contribution is -2.11. The zero-order chi connectivity index (χ0) is 17.7. The fourth-order valence-electron chi connectivity index (χ4n) is 2.46. The predicted molar refractivity (Wildman–Crippen MR) is 104 cm³/mol. The fraction of sp³-hybridized carbons (Fsp3) is 0.316. The first-order valence-electron chi connectivity index (χ1n) is 7.86. The number of nitrogens with one attached hydrogen (secondary N) is 1. The van der Waals surface area contributed by atoms with Crippen LogP contribution in [0.15, 0.2) is 39.7 Å². The summed E-state index contributed by atoms with van der Waals surface area (Å²) in [4.78, 5) is 12.6. The topological polar surface area (TPSA) is 38.3 Å². The van der Waals surface area contributed by atoms with Crippen molar-refractivity contribution in [3.05, 3.63) is 57.1 Å². The molecule has 0 aliphatic carbocycles. The van der Waals surface area contributed by atoms with E-state index in [1.807, 2.05) is 18.2 Å². The standard InChI is InChI=1S/C19H22BrNO2S/c1-5-14-9-13(3)17(10-12(14)2)23-11-15-16(20)7-6-8-18(15)24-19(22)21-4/h6-10H,5,11H2,1-4H3,(H,21,22). The SMILES string of the molecule is CCc1cc(C)c(OCc2c(Br)cccc2SC(=O)NC)cc1C. The molecule has 3 nitrogen and oxygen atoms in total. The third-order valence-electron chi connectivity index (χ3n) is 3.87. The molecule has 5 heteroatoms. The van der Waals surface area contributed by atoms with Gasteiger partial charge in [-0.3, -0.25) is 4.79 Å². The van der Waals surface area contributed by atoms with Crippen molar-refractivity contribution in [2.75, 3.05) is 7.05 Å². The van der Waals surface area contributed by atoms with Crippen molar-refractivity contribution in [1.29, 1.82) is 0 Å². The number of halogens is 1. The maximum absolute atomic E-state index is 11.7. The van der Waals surface area contributed by atoms with Gasteiger partial charge < -0.3 is 10.1 Å². The molecule has 0 fully saturated rings. The second kappa shape index (κ2) is 8.58. The van der Waals surface area contributed by atoms with Crippen LogP contribution in [0.5, 0.6) is 5.75 Å². The molecule has 0 unspecified atom stereocenters. The van der Waals surface area contributed by atoms with Crippen LogP contribution in [0.2, 0.25) is 0 Å². The maximum atomic E-state index is 11.7. The lowest BCUT2D eigenvalue weighted by Gasteiger charge is -2.15. The largest absolute Gasteiger partial charge is 0.489 e. The van der Waals surface area contributed by atoms with Crippen LogP contribution >= 0.6 is 27.7 Å². The van der Waals surface area contributed by atoms with Crippen LogP contribution in [-0.4, -0.2) is 12.3 Å². The number of carbonyl (C=O) groups is 1. The van der Waals surface area contributed by atoms with Gasteiger partial charge in [0.15, 0.2) is 0 Å². The van der Waals surface area contributed by atoms with E-state index in [4.69, 9.17) is 4.74 Å². The van der Waals surface area contributed by atoms with Crippen molar-refractivity contribution >= 4 is 32.9 Å². The maximum Gasteiger partial charge on any atom is 0.283 e. The molecular weight excluding hydrogens is 386 g/mol. The van der Waals surface area contributed by atoms with E-state index in [-0.39, 0.29) is 5.24 Å². The molecule has 2 aromatic carbocycles. The number of hydrogen-bond donors (Lipinski definition) is 1. The Labute approximate surface area is 156 Å². The van der Waals surface area contributed by atoms with Crippen LogP contribution in [0, 0.1) is 13.8 Å². The second-order valence-corrected chi connectivity index (χ2v) is 7.41. The van der Waals surface area contributed by atoms with Gasteiger partial charge in [0.1, 0.15) is 12.4 Å². The quantitative estimate of drug-likeness (QED) is 0.651. The van der Waals surface area contributed by atoms with Crippen molar-refractivity contribution in [1.82, 2.24) is 5.32 Å². The summed E-state index contributed by atoms with van der Waals surface area (Å²) in [5.41, 5.74) is 4.69. The molecule has 0 radical (unpaired) electrons. The van der Waals surface area contributed by atoms with Gasteiger partial charge in [-0.25, -0.2) is 0 Å². The average Bonchev–Trinajstić information content (AvgIpc) is 2.56. The molecule has 24 heavy (non-hydrogen) atoms. The summed E-state index contributed by atoms with van der Waals surface area (Å²) >= 11 is 4.74. The van der Waals surface area contributed by atoms with Crippen molar-refractivity contribution in [3.8, 4) is 5.75 Å². The number of ether oxygens (including phenoxy) is 1. The van der Waals surface area contributed by atoms with Crippen molar-refractivity contribution in [3.63, 3.8) is 0 Å². The summed E-state index contributed by atoms with van der Waals surface area (Å²) in [6, 6.07) is 10.1. The molecule has 1 amide bonds. The summed E-state index contributed by atoms with van der Waals surface area (Å²) < 4.78 is 7.01. The van der Waals surface area contributed by atoms with E-state index >= 15 is 0 Å². The summed E-state index contributed by atoms with van der Waals surface area (Å²) in [6.07, 6.45) is 1.02. The number of hydrogen-bond acceptors (Lipinski definition) is 3. The van der Waals surface area contributed by atoms with Gasteiger partial charge in [0.2, 0.25) is 0 Å². The number of rotatable bonds is 5. The van der Waals surface area contributed by atoms with Gasteiger partial charge in [-0.05, 0) is 66.9 Å². The summed E-state index contributed by atoms with van der Waals surface area (Å²) in [6.45, 7) is 6.74. The Hall–Kier alpha value is -1.46. The molecule has 0 saturated heterocycles. The van der Waals surface area contributed by atoms with E-state index < -0.39 is 0 Å². The molecule has 0 atom stereocenters. The molecule has 0 bridgehead atoms. The Balaban J connectivity index is 2.23. The van der Waals surface area contributed by atoms with Gasteiger partial charge in [0.25, 0.3) is 5.24 Å². The predicted octanol–water partition coefficient (Wildman–Crippen LogP) is 5.64. The van der Waals surface area contributed by atoms with Gasteiger partial charge in [-0.1, -0.05) is 35.0 Å². The number of benzene rings is 2. The van der Waals surface area contributed by atoms with E-state index in [0.29, 0.717) is 6.61 Å². The first kappa shape index (κ1) is 18.9. The van der Waals surface area contributed by atoms with Crippen LogP contribution in [0.1, 0.15) is 29.2 Å². The highest BCUT2D eigenvalue weighted by molar-refractivity contribution is 9.10. The molecule has 2 aromatic rings. The molecule has 0 aliphatic rings. The molecule has 0 saturated carbocycles. The Morgan fingerprint density at radius 2 is 2.00 bits per heavy atom. The van der Waals surface area contributed by atoms with Crippen molar-refractivity contribution in [2.24, 2.45) is 0 Å². The number of aryl methyl sites for hydroxylation is 3. The number of carbonyl (C=O) groups excluding carboxylic acids is 1. The molecule has 1 N–H and O–H groups in total. The van der Waals surface area contributed by atoms with E-state index in [2.05, 4.69) is 54.2 Å². The zero-order valence-corrected chi connectivity index (χ0v) is 16.8. The van der Waals surface area contributed by atoms with Crippen LogP contribution < -0.4 is 10.1 Å². The Morgan fingerprint density at radius 1 is 1.25 bits per heavy atom. The second-order valence-electron chi connectivity index (χ2n) is 5.54. The third kappa shape index (κ3) is 4.54. The van der Waals surface area contributed by atoms with Gasteiger partial charge in [0, 0.05) is 22.0 Å². The zero-order valence-electron chi connectivity index (χ0n) is 14.4. The summed E-state index contributed by atoms with van der Waals surface area (Å²) in [5, 5.41) is 2.54. The summed E-state index contributed by atoms with van der Waals surface area (Å²) in [5.74, 6) is 0.886. The highest BCUT2D eigenvalue weighted by Gasteiger charge is 2.13. The van der Waals surface area contributed by atoms with E-state index in [0.717, 1.165) is 32.7 Å². The van der Waals surface area contributed by atoms with Crippen molar-refractivity contribution < 1.29 is 9.53 Å². The van der Waals surface area contributed by atoms with Crippen LogP contribution in [-0.2, 0) is 13.0 Å². The van der Waals surface area contributed by atoms with Crippen LogP contribution in [0.4, 0.5) is 4.79 Å². The van der Waals surface area contributed by atoms with Gasteiger partial charge in [-0.2, -0.15) is 0 Å². The normalized spacial score (nSPS) is 10.5. The summed E-state index contributed by atoms with van der Waals surface area (Å²) in [7, 11) is 1.63. The Morgan fingerprint density at radius 3 is 2.67 bits per heavy atom. The van der Waals surface area contributed by atoms with Crippen LogP contribution in [0.25, 0.3) is 0 Å². The Kier molecular flexibility index (Phi) is 6.75. The molecule has 128 valence electrons. The smallest absolute Gasteiger partial charge is 0.283 e. The molecular formula is C19H22BrNO2S. The first-order valence-corrected chi connectivity index (χ1v) is 9.47. The minimum atomic E-state index is -0.0892. The highest BCUT2D eigenvalue weighted by atomic mass is 79.9. The fourth-order valence-corrected chi connectivity index (χ4v) is 3.81. The highest BCUT2D eigenvalue weighted by Crippen LogP contribution is 2.31. The average molecular weight is 408 g/mol. The van der Waals surface area contributed by atoms with E-state index in [9.17, 15) is 4.79 Å². The Bertz CT molecular complexity index is 746. The minimum Gasteiger partial charge on any atom is -0.489 e. The van der Waals surface area contributed by atoms with E-state index in [1.54, 1.807) is 7.05 Å². The van der Waals surface area contributed by atoms with Crippen LogP contribution in [0.3, 0.4) is 0 Å². The lowest BCUT2D eigenvalue weighted by molar-refractivity contribution is 0.262. The van der Waals surface area contributed by atoms with Gasteiger partial charge >= 0.3 is 0 Å².